The van der Waals surface area contributed by atoms with E-state index in [1.807, 2.05) is 0 Å². The molecule has 0 aliphatic carbocycles. The van der Waals surface area contributed by atoms with Gasteiger partial charge in [0.2, 0.25) is 0 Å². The van der Waals surface area contributed by atoms with Gasteiger partial charge in [-0.25, -0.2) is 9.78 Å². The zero-order chi connectivity index (χ0) is 10.7. The number of aromatic nitrogens is 1. The largest absolute Gasteiger partial charge is 0.477 e. The molecule has 4 N–H and O–H groups in total. The van der Waals surface area contributed by atoms with Gasteiger partial charge >= 0.3 is 5.97 Å². The molecule has 2 atom stereocenters. The Bertz CT molecular complexity index is 339. The van der Waals surface area contributed by atoms with Crippen molar-refractivity contribution in [1.82, 2.24) is 4.98 Å². The first-order valence-corrected chi connectivity index (χ1v) is 4.15. The van der Waals surface area contributed by atoms with E-state index in [2.05, 4.69) is 4.98 Å². The molecule has 0 saturated heterocycles. The van der Waals surface area contributed by atoms with Crippen LogP contribution in [0.3, 0.4) is 0 Å². The highest BCUT2D eigenvalue weighted by molar-refractivity contribution is 5.85. The number of rotatable bonds is 3. The van der Waals surface area contributed by atoms with Crippen molar-refractivity contribution < 1.29 is 15.0 Å². The summed E-state index contributed by atoms with van der Waals surface area (Å²) >= 11 is 0. The van der Waals surface area contributed by atoms with E-state index in [0.717, 1.165) is 0 Å². The zero-order valence-corrected chi connectivity index (χ0v) is 7.71. The summed E-state index contributed by atoms with van der Waals surface area (Å²) in [5, 5.41) is 17.9. The van der Waals surface area contributed by atoms with Crippen LogP contribution in [0.15, 0.2) is 18.3 Å². The van der Waals surface area contributed by atoms with Crippen LogP contribution in [0.5, 0.6) is 0 Å². The van der Waals surface area contributed by atoms with E-state index in [1.165, 1.54) is 12.3 Å². The normalized spacial score (nSPS) is 14.8. The molecule has 0 radical (unpaired) electrons. The number of hydrogen-bond donors (Lipinski definition) is 3. The number of aromatic carboxylic acids is 1. The van der Waals surface area contributed by atoms with Crippen LogP contribution in [-0.4, -0.2) is 27.3 Å². The Balaban J connectivity index is 2.99. The second-order valence-electron chi connectivity index (χ2n) is 3.05. The molecule has 0 unspecified atom stereocenters. The van der Waals surface area contributed by atoms with E-state index in [4.69, 9.17) is 10.8 Å². The van der Waals surface area contributed by atoms with Crippen molar-refractivity contribution in [2.75, 3.05) is 0 Å². The van der Waals surface area contributed by atoms with Crippen molar-refractivity contribution in [2.24, 2.45) is 5.73 Å². The molecule has 0 aliphatic rings. The van der Waals surface area contributed by atoms with Crippen LogP contribution in [0.4, 0.5) is 0 Å². The summed E-state index contributed by atoms with van der Waals surface area (Å²) < 4.78 is 0. The maximum atomic E-state index is 10.6. The fourth-order valence-corrected chi connectivity index (χ4v) is 1.05. The smallest absolute Gasteiger partial charge is 0.354 e. The standard InChI is InChI=1S/C9H12N2O3/c1-5(12)8(10)6-2-3-11-7(4-6)9(13)14/h2-5,8,12H,10H2,1H3,(H,13,14)/t5-,8+/m0/s1. The molecule has 0 aromatic carbocycles. The van der Waals surface area contributed by atoms with Crippen LogP contribution in [0, 0.1) is 0 Å². The molecule has 14 heavy (non-hydrogen) atoms. The minimum absolute atomic E-state index is 0.0707. The number of carboxylic acids is 1. The van der Waals surface area contributed by atoms with Gasteiger partial charge in [0.05, 0.1) is 12.1 Å². The van der Waals surface area contributed by atoms with Crippen molar-refractivity contribution in [1.29, 1.82) is 0 Å². The average Bonchev–Trinajstić information content (AvgIpc) is 2.16. The Labute approximate surface area is 81.2 Å². The minimum Gasteiger partial charge on any atom is -0.477 e. The number of nitrogens with zero attached hydrogens (tertiary/aromatic N) is 1. The third kappa shape index (κ3) is 2.27. The first-order chi connectivity index (χ1) is 6.52. The quantitative estimate of drug-likeness (QED) is 0.639. The predicted octanol–water partition coefficient (Wildman–Crippen LogP) is 0.160. The first kappa shape index (κ1) is 10.6. The van der Waals surface area contributed by atoms with E-state index in [1.54, 1.807) is 13.0 Å². The molecule has 0 saturated carbocycles. The highest BCUT2D eigenvalue weighted by atomic mass is 16.4. The van der Waals surface area contributed by atoms with Crippen molar-refractivity contribution in [3.05, 3.63) is 29.6 Å². The van der Waals surface area contributed by atoms with E-state index in [9.17, 15) is 9.90 Å². The number of aliphatic hydroxyl groups excluding tert-OH is 1. The second kappa shape index (κ2) is 4.17. The van der Waals surface area contributed by atoms with Gasteiger partial charge in [-0.1, -0.05) is 0 Å². The van der Waals surface area contributed by atoms with E-state index < -0.39 is 18.1 Å². The molecule has 1 heterocycles. The van der Waals surface area contributed by atoms with Gasteiger partial charge in [0.15, 0.2) is 0 Å². The summed E-state index contributed by atoms with van der Waals surface area (Å²) in [6.45, 7) is 1.55. The lowest BCUT2D eigenvalue weighted by atomic mass is 10.0. The number of aliphatic hydroxyl groups is 1. The maximum absolute atomic E-state index is 10.6. The zero-order valence-electron chi connectivity index (χ0n) is 7.71. The first-order valence-electron chi connectivity index (χ1n) is 4.15. The van der Waals surface area contributed by atoms with Gasteiger partial charge in [0.25, 0.3) is 0 Å². The summed E-state index contributed by atoms with van der Waals surface area (Å²) in [5.74, 6) is -1.11. The Morgan fingerprint density at radius 2 is 2.29 bits per heavy atom. The lowest BCUT2D eigenvalue weighted by molar-refractivity contribution is 0.0690. The fraction of sp³-hybridized carbons (Fsp3) is 0.333. The number of pyridine rings is 1. The summed E-state index contributed by atoms with van der Waals surface area (Å²) in [7, 11) is 0. The molecular formula is C9H12N2O3. The highest BCUT2D eigenvalue weighted by Crippen LogP contribution is 2.14. The van der Waals surface area contributed by atoms with Gasteiger partial charge in [-0.05, 0) is 24.6 Å². The summed E-state index contributed by atoms with van der Waals surface area (Å²) in [6.07, 6.45) is 0.639. The predicted molar refractivity (Wildman–Crippen MR) is 49.8 cm³/mol. The molecule has 5 heteroatoms. The number of hydrogen-bond acceptors (Lipinski definition) is 4. The Kier molecular flexibility index (Phi) is 3.16. The van der Waals surface area contributed by atoms with Crippen molar-refractivity contribution in [3.8, 4) is 0 Å². The van der Waals surface area contributed by atoms with Crippen LogP contribution in [0.25, 0.3) is 0 Å². The Morgan fingerprint density at radius 1 is 1.64 bits per heavy atom. The van der Waals surface area contributed by atoms with Crippen molar-refractivity contribution >= 4 is 5.97 Å². The van der Waals surface area contributed by atoms with E-state index in [-0.39, 0.29) is 5.69 Å². The summed E-state index contributed by atoms with van der Waals surface area (Å²) in [6, 6.07) is 2.36. The van der Waals surface area contributed by atoms with Gasteiger partial charge < -0.3 is 15.9 Å². The van der Waals surface area contributed by atoms with Gasteiger partial charge in [-0.3, -0.25) is 0 Å². The van der Waals surface area contributed by atoms with Crippen molar-refractivity contribution in [2.45, 2.75) is 19.1 Å². The summed E-state index contributed by atoms with van der Waals surface area (Å²) in [4.78, 5) is 14.2. The number of carbonyl (C=O) groups is 1. The van der Waals surface area contributed by atoms with Crippen LogP contribution in [0.1, 0.15) is 29.0 Å². The summed E-state index contributed by atoms with van der Waals surface area (Å²) in [5.41, 5.74) is 6.13. The number of nitrogens with two attached hydrogens (primary N) is 1. The van der Waals surface area contributed by atoms with E-state index >= 15 is 0 Å². The lowest BCUT2D eigenvalue weighted by Gasteiger charge is -2.14. The molecule has 0 bridgehead atoms. The monoisotopic (exact) mass is 196 g/mol. The van der Waals surface area contributed by atoms with Crippen molar-refractivity contribution in [3.63, 3.8) is 0 Å². The fourth-order valence-electron chi connectivity index (χ4n) is 1.05. The number of carboxylic acid groups (broad SMARTS) is 1. The van der Waals surface area contributed by atoms with Crippen LogP contribution in [-0.2, 0) is 0 Å². The highest BCUT2D eigenvalue weighted by Gasteiger charge is 2.14. The molecule has 5 nitrogen and oxygen atoms in total. The van der Waals surface area contributed by atoms with Gasteiger partial charge in [0, 0.05) is 6.20 Å². The molecule has 0 fully saturated rings. The molecule has 0 amide bonds. The second-order valence-corrected chi connectivity index (χ2v) is 3.05. The minimum atomic E-state index is -1.11. The molecule has 1 rings (SSSR count). The van der Waals surface area contributed by atoms with Crippen LogP contribution >= 0.6 is 0 Å². The molecule has 0 aliphatic heterocycles. The third-order valence-electron chi connectivity index (χ3n) is 1.91. The third-order valence-corrected chi connectivity index (χ3v) is 1.91. The average molecular weight is 196 g/mol. The molecule has 76 valence electrons. The molecule has 0 spiro atoms. The van der Waals surface area contributed by atoms with Crippen LogP contribution in [0.2, 0.25) is 0 Å². The van der Waals surface area contributed by atoms with Gasteiger partial charge in [-0.2, -0.15) is 0 Å². The molecule has 1 aromatic heterocycles. The van der Waals surface area contributed by atoms with E-state index in [0.29, 0.717) is 5.56 Å². The molecule has 1 aromatic rings. The Hall–Kier alpha value is -1.46. The van der Waals surface area contributed by atoms with Gasteiger partial charge in [0.1, 0.15) is 5.69 Å². The lowest BCUT2D eigenvalue weighted by Crippen LogP contribution is -2.23. The molecular weight excluding hydrogens is 184 g/mol. The van der Waals surface area contributed by atoms with Gasteiger partial charge in [-0.15, -0.1) is 0 Å². The topological polar surface area (TPSA) is 96.4 Å². The maximum Gasteiger partial charge on any atom is 0.354 e. The van der Waals surface area contributed by atoms with Crippen LogP contribution < -0.4 is 5.73 Å². The Morgan fingerprint density at radius 3 is 2.79 bits per heavy atom. The SMILES string of the molecule is C[C@H](O)[C@@H](N)c1ccnc(C(=O)O)c1.